The molecular formula is C16H19NO. The zero-order valence-corrected chi connectivity index (χ0v) is 10.9. The molecule has 94 valence electrons. The number of methoxy groups -OCH3 is 1. The predicted octanol–water partition coefficient (Wildman–Crippen LogP) is 3.75. The van der Waals surface area contributed by atoms with Gasteiger partial charge in [0.1, 0.15) is 0 Å². The van der Waals surface area contributed by atoms with Crippen molar-refractivity contribution < 1.29 is 4.74 Å². The summed E-state index contributed by atoms with van der Waals surface area (Å²) in [5.74, 6) is 0. The molecule has 0 spiro atoms. The van der Waals surface area contributed by atoms with Gasteiger partial charge in [0.2, 0.25) is 0 Å². The molecule has 0 bridgehead atoms. The van der Waals surface area contributed by atoms with Crippen molar-refractivity contribution in [2.24, 2.45) is 0 Å². The highest BCUT2D eigenvalue weighted by molar-refractivity contribution is 5.46. The number of aryl methyl sites for hydroxylation is 1. The Labute approximate surface area is 109 Å². The topological polar surface area (TPSA) is 21.3 Å². The van der Waals surface area contributed by atoms with Gasteiger partial charge in [0.15, 0.2) is 0 Å². The summed E-state index contributed by atoms with van der Waals surface area (Å²) in [4.78, 5) is 0. The van der Waals surface area contributed by atoms with Crippen LogP contribution >= 0.6 is 0 Å². The Hall–Kier alpha value is -1.80. The fraction of sp³-hybridized carbons (Fsp3) is 0.250. The first-order valence-corrected chi connectivity index (χ1v) is 6.15. The van der Waals surface area contributed by atoms with Crippen molar-refractivity contribution in [2.45, 2.75) is 20.1 Å². The van der Waals surface area contributed by atoms with Crippen LogP contribution in [0.2, 0.25) is 0 Å². The molecule has 0 saturated carbocycles. The van der Waals surface area contributed by atoms with Crippen LogP contribution in [0.25, 0.3) is 0 Å². The van der Waals surface area contributed by atoms with Crippen molar-refractivity contribution in [1.82, 2.24) is 0 Å². The number of rotatable bonds is 5. The summed E-state index contributed by atoms with van der Waals surface area (Å²) in [5.41, 5.74) is 4.90. The molecule has 18 heavy (non-hydrogen) atoms. The molecule has 2 rings (SSSR count). The van der Waals surface area contributed by atoms with Crippen LogP contribution in [0.15, 0.2) is 48.5 Å². The average molecular weight is 241 g/mol. The molecule has 0 fully saturated rings. The summed E-state index contributed by atoms with van der Waals surface area (Å²) < 4.78 is 5.13. The lowest BCUT2D eigenvalue weighted by molar-refractivity contribution is 0.185. The molecule has 0 atom stereocenters. The fourth-order valence-corrected chi connectivity index (χ4v) is 1.85. The second-order valence-electron chi connectivity index (χ2n) is 4.47. The third-order valence-corrected chi connectivity index (χ3v) is 2.86. The number of anilines is 1. The highest BCUT2D eigenvalue weighted by Gasteiger charge is 1.96. The number of hydrogen-bond donors (Lipinski definition) is 1. The highest BCUT2D eigenvalue weighted by Crippen LogP contribution is 2.13. The monoisotopic (exact) mass is 241 g/mol. The lowest BCUT2D eigenvalue weighted by Gasteiger charge is -2.08. The smallest absolute Gasteiger partial charge is 0.0713 e. The molecule has 0 aliphatic heterocycles. The molecule has 0 heterocycles. The van der Waals surface area contributed by atoms with E-state index in [2.05, 4.69) is 54.7 Å². The summed E-state index contributed by atoms with van der Waals surface area (Å²) in [6.07, 6.45) is 0. The lowest BCUT2D eigenvalue weighted by atomic mass is 10.1. The van der Waals surface area contributed by atoms with Crippen LogP contribution < -0.4 is 5.32 Å². The van der Waals surface area contributed by atoms with Crippen LogP contribution in [0.4, 0.5) is 5.69 Å². The van der Waals surface area contributed by atoms with Crippen LogP contribution in [-0.2, 0) is 17.9 Å². The standard InChI is InChI=1S/C16H19NO/c1-13-6-8-14(9-7-13)11-17-16-5-3-4-15(10-16)12-18-2/h3-10,17H,11-12H2,1-2H3. The van der Waals surface area contributed by atoms with E-state index >= 15 is 0 Å². The van der Waals surface area contributed by atoms with Gasteiger partial charge < -0.3 is 10.1 Å². The van der Waals surface area contributed by atoms with Crippen molar-refractivity contribution in [2.75, 3.05) is 12.4 Å². The minimum absolute atomic E-state index is 0.653. The van der Waals surface area contributed by atoms with Crippen molar-refractivity contribution in [3.05, 3.63) is 65.2 Å². The highest BCUT2D eigenvalue weighted by atomic mass is 16.5. The lowest BCUT2D eigenvalue weighted by Crippen LogP contribution is -2.00. The van der Waals surface area contributed by atoms with Crippen molar-refractivity contribution >= 4 is 5.69 Å². The third-order valence-electron chi connectivity index (χ3n) is 2.86. The maximum absolute atomic E-state index is 5.13. The predicted molar refractivity (Wildman–Crippen MR) is 75.7 cm³/mol. The molecule has 0 aliphatic carbocycles. The van der Waals surface area contributed by atoms with Crippen molar-refractivity contribution in [3.63, 3.8) is 0 Å². The van der Waals surface area contributed by atoms with Crippen LogP contribution in [0, 0.1) is 6.92 Å². The maximum Gasteiger partial charge on any atom is 0.0713 e. The van der Waals surface area contributed by atoms with Gasteiger partial charge in [-0.15, -0.1) is 0 Å². The van der Waals surface area contributed by atoms with Gasteiger partial charge in [-0.05, 0) is 30.2 Å². The minimum atomic E-state index is 0.653. The molecule has 2 aromatic carbocycles. The Morgan fingerprint density at radius 2 is 1.78 bits per heavy atom. The average Bonchev–Trinajstić information content (AvgIpc) is 2.39. The molecule has 1 N–H and O–H groups in total. The van der Waals surface area contributed by atoms with Crippen LogP contribution in [0.3, 0.4) is 0 Å². The molecule has 0 aromatic heterocycles. The van der Waals surface area contributed by atoms with E-state index in [1.165, 1.54) is 16.7 Å². The van der Waals surface area contributed by atoms with Crippen LogP contribution in [0.1, 0.15) is 16.7 Å². The molecule has 0 amide bonds. The molecule has 0 radical (unpaired) electrons. The molecule has 2 heteroatoms. The Balaban J connectivity index is 1.97. The number of benzene rings is 2. The number of ether oxygens (including phenoxy) is 1. The van der Waals surface area contributed by atoms with Crippen LogP contribution in [-0.4, -0.2) is 7.11 Å². The number of nitrogens with one attached hydrogen (secondary N) is 1. The zero-order valence-electron chi connectivity index (χ0n) is 10.9. The van der Waals surface area contributed by atoms with Crippen LogP contribution in [0.5, 0.6) is 0 Å². The van der Waals surface area contributed by atoms with E-state index in [1.54, 1.807) is 7.11 Å². The summed E-state index contributed by atoms with van der Waals surface area (Å²) in [6, 6.07) is 16.9. The molecular weight excluding hydrogens is 222 g/mol. The van der Waals surface area contributed by atoms with Gasteiger partial charge in [-0.3, -0.25) is 0 Å². The van der Waals surface area contributed by atoms with Crippen molar-refractivity contribution in [3.8, 4) is 0 Å². The van der Waals surface area contributed by atoms with E-state index in [9.17, 15) is 0 Å². The van der Waals surface area contributed by atoms with Crippen molar-refractivity contribution in [1.29, 1.82) is 0 Å². The van der Waals surface area contributed by atoms with Gasteiger partial charge in [0.25, 0.3) is 0 Å². The van der Waals surface area contributed by atoms with E-state index in [-0.39, 0.29) is 0 Å². The Kier molecular flexibility index (Phi) is 4.37. The molecule has 0 saturated heterocycles. The second kappa shape index (κ2) is 6.22. The molecule has 0 unspecified atom stereocenters. The molecule has 0 aliphatic rings. The fourth-order valence-electron chi connectivity index (χ4n) is 1.85. The van der Waals surface area contributed by atoms with Gasteiger partial charge in [0, 0.05) is 19.3 Å². The first-order valence-electron chi connectivity index (χ1n) is 6.15. The Morgan fingerprint density at radius 1 is 1.00 bits per heavy atom. The first kappa shape index (κ1) is 12.7. The quantitative estimate of drug-likeness (QED) is 0.860. The zero-order chi connectivity index (χ0) is 12.8. The number of hydrogen-bond acceptors (Lipinski definition) is 2. The summed E-state index contributed by atoms with van der Waals surface area (Å²) in [7, 11) is 1.71. The van der Waals surface area contributed by atoms with Gasteiger partial charge in [-0.25, -0.2) is 0 Å². The molecule has 2 nitrogen and oxygen atoms in total. The minimum Gasteiger partial charge on any atom is -0.381 e. The maximum atomic E-state index is 5.13. The normalized spacial score (nSPS) is 10.3. The first-order chi connectivity index (χ1) is 8.78. The van der Waals surface area contributed by atoms with E-state index in [4.69, 9.17) is 4.74 Å². The third kappa shape index (κ3) is 3.60. The SMILES string of the molecule is COCc1cccc(NCc2ccc(C)cc2)c1. The Morgan fingerprint density at radius 3 is 2.50 bits per heavy atom. The Bertz CT molecular complexity index is 491. The second-order valence-corrected chi connectivity index (χ2v) is 4.47. The van der Waals surface area contributed by atoms with Gasteiger partial charge in [0.05, 0.1) is 6.61 Å². The summed E-state index contributed by atoms with van der Waals surface area (Å²) in [5, 5.41) is 3.42. The van der Waals surface area contributed by atoms with E-state index in [0.717, 1.165) is 12.2 Å². The van der Waals surface area contributed by atoms with E-state index in [1.807, 2.05) is 6.07 Å². The van der Waals surface area contributed by atoms with Gasteiger partial charge >= 0.3 is 0 Å². The largest absolute Gasteiger partial charge is 0.381 e. The molecule has 2 aromatic rings. The van der Waals surface area contributed by atoms with E-state index in [0.29, 0.717) is 6.61 Å². The van der Waals surface area contributed by atoms with E-state index < -0.39 is 0 Å². The summed E-state index contributed by atoms with van der Waals surface area (Å²) in [6.45, 7) is 3.60. The van der Waals surface area contributed by atoms with Gasteiger partial charge in [-0.1, -0.05) is 42.0 Å². The van der Waals surface area contributed by atoms with Gasteiger partial charge in [-0.2, -0.15) is 0 Å². The summed E-state index contributed by atoms with van der Waals surface area (Å²) >= 11 is 0.